The van der Waals surface area contributed by atoms with E-state index in [4.69, 9.17) is 0 Å². The Bertz CT molecular complexity index is 449. The molecular weight excluding hydrogens is 216 g/mol. The summed E-state index contributed by atoms with van der Waals surface area (Å²) >= 11 is 0. The summed E-state index contributed by atoms with van der Waals surface area (Å²) in [4.78, 5) is 0. The van der Waals surface area contributed by atoms with E-state index in [1.54, 1.807) is 0 Å². The molecule has 0 heteroatoms. The minimum Gasteiger partial charge on any atom is -0.0622 e. The van der Waals surface area contributed by atoms with Gasteiger partial charge in [-0.1, -0.05) is 81.4 Å². The van der Waals surface area contributed by atoms with Crippen LogP contribution in [-0.4, -0.2) is 0 Å². The van der Waals surface area contributed by atoms with Crippen molar-refractivity contribution in [3.63, 3.8) is 0 Å². The van der Waals surface area contributed by atoms with E-state index in [0.717, 1.165) is 0 Å². The number of benzene rings is 2. The van der Waals surface area contributed by atoms with Gasteiger partial charge in [-0.2, -0.15) is 0 Å². The first kappa shape index (κ1) is 12.8. The Balaban J connectivity index is 2.63. The van der Waals surface area contributed by atoms with Gasteiger partial charge in [0, 0.05) is 16.5 Å². The Labute approximate surface area is 111 Å². The van der Waals surface area contributed by atoms with E-state index in [1.165, 1.54) is 11.1 Å². The Hall–Kier alpha value is -1.69. The van der Waals surface area contributed by atoms with Crippen molar-refractivity contribution in [2.45, 2.75) is 26.2 Å². The van der Waals surface area contributed by atoms with E-state index in [2.05, 4.69) is 88.4 Å². The zero-order chi connectivity index (χ0) is 13.2. The average molecular weight is 237 g/mol. The van der Waals surface area contributed by atoms with Crippen molar-refractivity contribution in [2.24, 2.45) is 5.41 Å². The Morgan fingerprint density at radius 3 is 1.28 bits per heavy atom. The standard InChI is InChI=1S/C18H21/c1-17(2,3)18(4,15-11-7-5-8-12-15)16-13-9-6-10-14-16/h5-14H,4H2,1-3H3/q+1. The van der Waals surface area contributed by atoms with Gasteiger partial charge in [0.05, 0.1) is 6.92 Å². The average Bonchev–Trinajstić information content (AvgIpc) is 2.38. The molecule has 0 saturated heterocycles. The molecule has 0 amide bonds. The van der Waals surface area contributed by atoms with Gasteiger partial charge in [0.15, 0.2) is 5.41 Å². The second kappa shape index (κ2) is 4.53. The maximum absolute atomic E-state index is 4.58. The predicted molar refractivity (Wildman–Crippen MR) is 78.5 cm³/mol. The Kier molecular flexibility index (Phi) is 3.21. The van der Waals surface area contributed by atoms with Gasteiger partial charge in [-0.25, -0.2) is 0 Å². The number of hydrogen-bond donors (Lipinski definition) is 0. The van der Waals surface area contributed by atoms with Crippen LogP contribution in [-0.2, 0) is 5.41 Å². The molecule has 0 radical (unpaired) electrons. The lowest BCUT2D eigenvalue weighted by atomic mass is 9.60. The smallest absolute Gasteiger partial charge is 0.0622 e. The summed E-state index contributed by atoms with van der Waals surface area (Å²) in [6.45, 7) is 11.3. The van der Waals surface area contributed by atoms with E-state index >= 15 is 0 Å². The molecule has 0 aliphatic rings. The molecule has 0 spiro atoms. The predicted octanol–water partition coefficient (Wildman–Crippen LogP) is 4.85. The molecular formula is C18H21+. The maximum Gasteiger partial charge on any atom is 0.160 e. The van der Waals surface area contributed by atoms with Crippen molar-refractivity contribution in [1.29, 1.82) is 0 Å². The van der Waals surface area contributed by atoms with E-state index in [-0.39, 0.29) is 10.8 Å². The van der Waals surface area contributed by atoms with E-state index < -0.39 is 0 Å². The molecule has 2 rings (SSSR count). The lowest BCUT2D eigenvalue weighted by molar-refractivity contribution is 0.278. The summed E-state index contributed by atoms with van der Waals surface area (Å²) in [5.41, 5.74) is 2.36. The van der Waals surface area contributed by atoms with Gasteiger partial charge in [-0.15, -0.1) is 0 Å². The SMILES string of the molecule is [CH2+]C(c1ccccc1)(c1ccccc1)C(C)(C)C. The van der Waals surface area contributed by atoms with E-state index in [0.29, 0.717) is 0 Å². The largest absolute Gasteiger partial charge is 0.160 e. The molecule has 0 saturated carbocycles. The summed E-state index contributed by atoms with van der Waals surface area (Å²) in [5, 5.41) is 0. The number of rotatable bonds is 2. The molecule has 2 aromatic rings. The second-order valence-electron chi connectivity index (χ2n) is 5.89. The summed E-state index contributed by atoms with van der Waals surface area (Å²) < 4.78 is 0. The van der Waals surface area contributed by atoms with E-state index in [1.807, 2.05) is 0 Å². The van der Waals surface area contributed by atoms with Crippen molar-refractivity contribution in [1.82, 2.24) is 0 Å². The molecule has 0 atom stereocenters. The van der Waals surface area contributed by atoms with E-state index in [9.17, 15) is 0 Å². The van der Waals surface area contributed by atoms with Crippen molar-refractivity contribution in [2.75, 3.05) is 0 Å². The molecule has 0 heterocycles. The summed E-state index contributed by atoms with van der Waals surface area (Å²) in [6, 6.07) is 21.1. The van der Waals surface area contributed by atoms with Gasteiger partial charge in [-0.05, 0) is 0 Å². The zero-order valence-electron chi connectivity index (χ0n) is 11.5. The molecule has 0 nitrogen and oxygen atoms in total. The highest BCUT2D eigenvalue weighted by Gasteiger charge is 2.47. The van der Waals surface area contributed by atoms with Crippen LogP contribution in [0.25, 0.3) is 0 Å². The quantitative estimate of drug-likeness (QED) is 0.655. The van der Waals surface area contributed by atoms with Crippen molar-refractivity contribution >= 4 is 0 Å². The first-order valence-electron chi connectivity index (χ1n) is 6.42. The lowest BCUT2D eigenvalue weighted by Gasteiger charge is -2.36. The molecule has 0 aliphatic carbocycles. The van der Waals surface area contributed by atoms with Gasteiger partial charge >= 0.3 is 0 Å². The highest BCUT2D eigenvalue weighted by molar-refractivity contribution is 5.43. The van der Waals surface area contributed by atoms with Gasteiger partial charge in [0.25, 0.3) is 0 Å². The van der Waals surface area contributed by atoms with Crippen LogP contribution in [0.15, 0.2) is 60.7 Å². The summed E-state index contributed by atoms with van der Waals surface area (Å²) in [5.74, 6) is 0. The maximum atomic E-state index is 4.58. The molecule has 0 aromatic heterocycles. The molecule has 18 heavy (non-hydrogen) atoms. The van der Waals surface area contributed by atoms with Crippen LogP contribution < -0.4 is 0 Å². The third-order valence-corrected chi connectivity index (χ3v) is 3.81. The van der Waals surface area contributed by atoms with Crippen molar-refractivity contribution in [3.05, 3.63) is 78.7 Å². The van der Waals surface area contributed by atoms with Gasteiger partial charge in [0.2, 0.25) is 0 Å². The molecule has 0 unspecified atom stereocenters. The Morgan fingerprint density at radius 2 is 1.00 bits per heavy atom. The fraction of sp³-hybridized carbons (Fsp3) is 0.278. The first-order chi connectivity index (χ1) is 8.46. The van der Waals surface area contributed by atoms with Gasteiger partial charge in [0.1, 0.15) is 0 Å². The lowest BCUT2D eigenvalue weighted by Crippen LogP contribution is -2.38. The summed E-state index contributed by atoms with van der Waals surface area (Å²) in [7, 11) is 0. The fourth-order valence-electron chi connectivity index (χ4n) is 2.48. The third-order valence-electron chi connectivity index (χ3n) is 3.81. The molecule has 0 fully saturated rings. The van der Waals surface area contributed by atoms with Gasteiger partial charge < -0.3 is 0 Å². The molecule has 92 valence electrons. The van der Waals surface area contributed by atoms with Crippen molar-refractivity contribution in [3.8, 4) is 0 Å². The van der Waals surface area contributed by atoms with Crippen LogP contribution in [0.3, 0.4) is 0 Å². The fourth-order valence-corrected chi connectivity index (χ4v) is 2.48. The molecule has 0 N–H and O–H groups in total. The molecule has 2 aromatic carbocycles. The summed E-state index contributed by atoms with van der Waals surface area (Å²) in [6.07, 6.45) is 0. The minimum absolute atomic E-state index is 0.0513. The normalized spacial score (nSPS) is 12.4. The second-order valence-corrected chi connectivity index (χ2v) is 5.89. The highest BCUT2D eigenvalue weighted by Crippen LogP contribution is 2.45. The minimum atomic E-state index is -0.227. The van der Waals surface area contributed by atoms with Crippen LogP contribution in [0, 0.1) is 12.3 Å². The van der Waals surface area contributed by atoms with Crippen molar-refractivity contribution < 1.29 is 0 Å². The third kappa shape index (κ3) is 2.03. The number of hydrogen-bond acceptors (Lipinski definition) is 0. The van der Waals surface area contributed by atoms with Crippen LogP contribution in [0.5, 0.6) is 0 Å². The van der Waals surface area contributed by atoms with Gasteiger partial charge in [-0.3, -0.25) is 0 Å². The van der Waals surface area contributed by atoms with Crippen LogP contribution in [0.1, 0.15) is 31.9 Å². The Morgan fingerprint density at radius 1 is 0.667 bits per heavy atom. The van der Waals surface area contributed by atoms with Crippen LogP contribution in [0.4, 0.5) is 0 Å². The monoisotopic (exact) mass is 237 g/mol. The molecule has 0 aliphatic heterocycles. The highest BCUT2D eigenvalue weighted by atomic mass is 14.4. The topological polar surface area (TPSA) is 0 Å². The zero-order valence-corrected chi connectivity index (χ0v) is 11.5. The van der Waals surface area contributed by atoms with Crippen LogP contribution in [0.2, 0.25) is 0 Å². The first-order valence-corrected chi connectivity index (χ1v) is 6.42. The molecule has 0 bridgehead atoms. The van der Waals surface area contributed by atoms with Crippen LogP contribution >= 0.6 is 0 Å².